The van der Waals surface area contributed by atoms with Crippen molar-refractivity contribution in [1.29, 1.82) is 0 Å². The van der Waals surface area contributed by atoms with Crippen LogP contribution in [-0.4, -0.2) is 72.3 Å². The Bertz CT molecular complexity index is 575. The zero-order chi connectivity index (χ0) is 18.9. The summed E-state index contributed by atoms with van der Waals surface area (Å²) in [6.07, 6.45) is 2.37. The lowest BCUT2D eigenvalue weighted by atomic mass is 9.85. The maximum absolute atomic E-state index is 12.2. The summed E-state index contributed by atoms with van der Waals surface area (Å²) >= 11 is 0. The van der Waals surface area contributed by atoms with Gasteiger partial charge in [-0.2, -0.15) is 0 Å². The van der Waals surface area contributed by atoms with Crippen LogP contribution >= 0.6 is 0 Å². The molecule has 0 radical (unpaired) electrons. The Balaban J connectivity index is 1.60. The Morgan fingerprint density at radius 2 is 1.96 bits per heavy atom. The molecule has 0 aromatic heterocycles. The third kappa shape index (κ3) is 6.22. The summed E-state index contributed by atoms with van der Waals surface area (Å²) < 4.78 is 5.62. The van der Waals surface area contributed by atoms with E-state index in [2.05, 4.69) is 5.32 Å². The van der Waals surface area contributed by atoms with Gasteiger partial charge in [0.1, 0.15) is 5.75 Å². The summed E-state index contributed by atoms with van der Waals surface area (Å²) in [6, 6.07) is 9.89. The number of hydrogen-bond acceptors (Lipinski definition) is 4. The zero-order valence-electron chi connectivity index (χ0n) is 15.6. The van der Waals surface area contributed by atoms with Crippen molar-refractivity contribution in [3.05, 3.63) is 30.3 Å². The predicted molar refractivity (Wildman–Crippen MR) is 99.4 cm³/mol. The molecule has 0 spiro atoms. The first-order chi connectivity index (χ1) is 12.5. The Kier molecular flexibility index (Phi) is 7.72. The van der Waals surface area contributed by atoms with Crippen molar-refractivity contribution in [2.24, 2.45) is 0 Å². The number of aliphatic carboxylic acids is 1. The molecule has 2 rings (SSSR count). The van der Waals surface area contributed by atoms with Gasteiger partial charge in [-0.1, -0.05) is 25.1 Å². The number of benzene rings is 1. The van der Waals surface area contributed by atoms with Gasteiger partial charge in [0.2, 0.25) is 0 Å². The Morgan fingerprint density at radius 3 is 2.58 bits per heavy atom. The van der Waals surface area contributed by atoms with Crippen molar-refractivity contribution in [3.8, 4) is 5.75 Å². The van der Waals surface area contributed by atoms with Gasteiger partial charge in [0.25, 0.3) is 0 Å². The van der Waals surface area contributed by atoms with Crippen molar-refractivity contribution in [3.63, 3.8) is 0 Å². The van der Waals surface area contributed by atoms with Gasteiger partial charge >= 0.3 is 12.0 Å². The topological polar surface area (TPSA) is 82.1 Å². The van der Waals surface area contributed by atoms with Crippen LogP contribution in [-0.2, 0) is 4.79 Å². The number of amides is 2. The highest BCUT2D eigenvalue weighted by Gasteiger charge is 2.35. The van der Waals surface area contributed by atoms with Crippen molar-refractivity contribution < 1.29 is 19.4 Å². The Morgan fingerprint density at radius 1 is 1.27 bits per heavy atom. The molecule has 1 aromatic carbocycles. The molecule has 26 heavy (non-hydrogen) atoms. The van der Waals surface area contributed by atoms with Gasteiger partial charge in [-0.3, -0.25) is 9.69 Å². The summed E-state index contributed by atoms with van der Waals surface area (Å²) in [5, 5.41) is 11.9. The van der Waals surface area contributed by atoms with E-state index in [1.807, 2.05) is 42.2 Å². The second kappa shape index (κ2) is 10.0. The largest absolute Gasteiger partial charge is 0.494 e. The minimum atomic E-state index is -0.809. The average molecular weight is 363 g/mol. The lowest BCUT2D eigenvalue weighted by Crippen LogP contribution is -2.56. The molecule has 1 aliphatic carbocycles. The molecule has 0 heterocycles. The number of likely N-dealkylation sites (N-methyl/N-ethyl adjacent to an activating group) is 1. The minimum absolute atomic E-state index is 0.0587. The molecule has 0 bridgehead atoms. The van der Waals surface area contributed by atoms with E-state index in [0.717, 1.165) is 25.0 Å². The molecule has 1 aliphatic rings. The average Bonchev–Trinajstić information content (AvgIpc) is 2.60. The number of para-hydroxylation sites is 1. The first-order valence-electron chi connectivity index (χ1n) is 9.15. The van der Waals surface area contributed by atoms with Crippen LogP contribution in [0.2, 0.25) is 0 Å². The number of nitrogens with one attached hydrogen (secondary N) is 1. The molecule has 1 saturated carbocycles. The molecule has 0 aliphatic heterocycles. The monoisotopic (exact) mass is 363 g/mol. The molecule has 0 saturated heterocycles. The van der Waals surface area contributed by atoms with Crippen LogP contribution in [0.3, 0.4) is 0 Å². The predicted octanol–water partition coefficient (Wildman–Crippen LogP) is 2.03. The van der Waals surface area contributed by atoms with Gasteiger partial charge in [-0.15, -0.1) is 0 Å². The molecule has 1 aromatic rings. The van der Waals surface area contributed by atoms with E-state index in [4.69, 9.17) is 9.84 Å². The fraction of sp³-hybridized carbons (Fsp3) is 0.579. The molecule has 144 valence electrons. The minimum Gasteiger partial charge on any atom is -0.494 e. The van der Waals surface area contributed by atoms with E-state index >= 15 is 0 Å². The Hall–Kier alpha value is -2.28. The standard InChI is InChI=1S/C19H29N3O4/c1-3-22(14-18(23)24)16-12-15(13-16)20-19(25)21(2)10-7-11-26-17-8-5-4-6-9-17/h4-6,8-9,15-16H,3,7,10-14H2,1-2H3,(H,20,25)(H,23,24). The van der Waals surface area contributed by atoms with E-state index in [0.29, 0.717) is 19.7 Å². The second-order valence-electron chi connectivity index (χ2n) is 6.67. The van der Waals surface area contributed by atoms with Crippen LogP contribution in [0.1, 0.15) is 26.2 Å². The van der Waals surface area contributed by atoms with Crippen molar-refractivity contribution in [2.75, 3.05) is 33.3 Å². The zero-order valence-corrected chi connectivity index (χ0v) is 15.6. The van der Waals surface area contributed by atoms with Crippen LogP contribution in [0.4, 0.5) is 4.79 Å². The summed E-state index contributed by atoms with van der Waals surface area (Å²) in [4.78, 5) is 26.7. The Labute approximate surface area is 154 Å². The number of ether oxygens (including phenoxy) is 1. The molecule has 0 unspecified atom stereocenters. The number of hydrogen-bond donors (Lipinski definition) is 2. The van der Waals surface area contributed by atoms with E-state index in [1.54, 1.807) is 11.9 Å². The molecule has 7 nitrogen and oxygen atoms in total. The smallest absolute Gasteiger partial charge is 0.317 e. The van der Waals surface area contributed by atoms with Gasteiger partial charge in [0.05, 0.1) is 13.2 Å². The van der Waals surface area contributed by atoms with Gasteiger partial charge < -0.3 is 20.1 Å². The lowest BCUT2D eigenvalue weighted by molar-refractivity contribution is -0.139. The summed E-state index contributed by atoms with van der Waals surface area (Å²) in [6.45, 7) is 3.91. The molecule has 0 atom stereocenters. The molecule has 1 fully saturated rings. The quantitative estimate of drug-likeness (QED) is 0.622. The second-order valence-corrected chi connectivity index (χ2v) is 6.67. The number of carbonyl (C=O) groups is 2. The number of rotatable bonds is 10. The third-order valence-electron chi connectivity index (χ3n) is 4.70. The van der Waals surface area contributed by atoms with E-state index in [1.165, 1.54) is 0 Å². The molecule has 2 N–H and O–H groups in total. The number of carboxylic acid groups (broad SMARTS) is 1. The SMILES string of the molecule is CCN(CC(=O)O)C1CC(NC(=O)N(C)CCCOc2ccccc2)C1. The maximum atomic E-state index is 12.2. The van der Waals surface area contributed by atoms with Gasteiger partial charge in [0.15, 0.2) is 0 Å². The summed E-state index contributed by atoms with van der Waals surface area (Å²) in [5.41, 5.74) is 0. The summed E-state index contributed by atoms with van der Waals surface area (Å²) in [7, 11) is 1.77. The van der Waals surface area contributed by atoms with Gasteiger partial charge in [0, 0.05) is 25.7 Å². The van der Waals surface area contributed by atoms with Crippen LogP contribution < -0.4 is 10.1 Å². The number of urea groups is 1. The highest BCUT2D eigenvalue weighted by molar-refractivity contribution is 5.74. The van der Waals surface area contributed by atoms with Crippen LogP contribution in [0.5, 0.6) is 5.75 Å². The number of nitrogens with zero attached hydrogens (tertiary/aromatic N) is 2. The molecule has 7 heteroatoms. The highest BCUT2D eigenvalue weighted by Crippen LogP contribution is 2.25. The normalized spacial score (nSPS) is 18.9. The van der Waals surface area contributed by atoms with Crippen LogP contribution in [0.25, 0.3) is 0 Å². The lowest BCUT2D eigenvalue weighted by Gasteiger charge is -2.42. The van der Waals surface area contributed by atoms with E-state index in [9.17, 15) is 9.59 Å². The first-order valence-corrected chi connectivity index (χ1v) is 9.15. The van der Waals surface area contributed by atoms with E-state index < -0.39 is 5.97 Å². The van der Waals surface area contributed by atoms with Crippen LogP contribution in [0.15, 0.2) is 30.3 Å². The molecule has 2 amide bonds. The molecular formula is C19H29N3O4. The van der Waals surface area contributed by atoms with Gasteiger partial charge in [-0.25, -0.2) is 4.79 Å². The third-order valence-corrected chi connectivity index (χ3v) is 4.70. The fourth-order valence-corrected chi connectivity index (χ4v) is 3.07. The van der Waals surface area contributed by atoms with Crippen molar-refractivity contribution >= 4 is 12.0 Å². The first kappa shape index (κ1) is 20.0. The maximum Gasteiger partial charge on any atom is 0.317 e. The van der Waals surface area contributed by atoms with Crippen molar-refractivity contribution in [1.82, 2.24) is 15.1 Å². The van der Waals surface area contributed by atoms with Crippen molar-refractivity contribution in [2.45, 2.75) is 38.3 Å². The highest BCUT2D eigenvalue weighted by atomic mass is 16.5. The fourth-order valence-electron chi connectivity index (χ4n) is 3.07. The number of carboxylic acids is 1. The molecular weight excluding hydrogens is 334 g/mol. The number of carbonyl (C=O) groups excluding carboxylic acids is 1. The summed E-state index contributed by atoms with van der Waals surface area (Å²) in [5.74, 6) is 0.0266. The van der Waals surface area contributed by atoms with Crippen LogP contribution in [0, 0.1) is 0 Å². The van der Waals surface area contributed by atoms with Gasteiger partial charge in [-0.05, 0) is 37.9 Å². The van der Waals surface area contributed by atoms with E-state index in [-0.39, 0.29) is 24.7 Å².